The van der Waals surface area contributed by atoms with Gasteiger partial charge in [0.05, 0.1) is 23.5 Å². The highest BCUT2D eigenvalue weighted by Gasteiger charge is 2.81. The predicted octanol–water partition coefficient (Wildman–Crippen LogP) is 2.11. The number of piperidine rings is 1. The van der Waals surface area contributed by atoms with Gasteiger partial charge in [0.25, 0.3) is 0 Å². The number of likely N-dealkylation sites (tertiary alicyclic amines) is 1. The van der Waals surface area contributed by atoms with Crippen molar-refractivity contribution in [2.45, 2.75) is 44.9 Å². The zero-order valence-corrected chi connectivity index (χ0v) is 14.1. The minimum absolute atomic E-state index is 0.0380. The van der Waals surface area contributed by atoms with E-state index in [0.29, 0.717) is 23.7 Å². The third-order valence-electron chi connectivity index (χ3n) is 5.66. The molecule has 2 saturated heterocycles. The second-order valence-corrected chi connectivity index (χ2v) is 7.98. The van der Waals surface area contributed by atoms with Crippen molar-refractivity contribution < 1.29 is 9.53 Å². The van der Waals surface area contributed by atoms with E-state index >= 15 is 0 Å². The standard InChI is InChI=1S/C17H24N4O2/c1-10-12-8-20(11-5-6-14(18)19-7-11)13-9-21(17(10,12)13)15(22)23-16(2,3)4/h5-7,10,12-13H,8-9H2,1-4H3,(H2,18,19)/t10-,12?,13?,17?/m0/s1. The first-order valence-electron chi connectivity index (χ1n) is 8.24. The Morgan fingerprint density at radius 1 is 1.39 bits per heavy atom. The van der Waals surface area contributed by atoms with Crippen molar-refractivity contribution in [3.8, 4) is 0 Å². The Balaban J connectivity index is 1.54. The molecule has 4 atom stereocenters. The molecular formula is C17H24N4O2. The monoisotopic (exact) mass is 316 g/mol. The predicted molar refractivity (Wildman–Crippen MR) is 88.1 cm³/mol. The van der Waals surface area contributed by atoms with Gasteiger partial charge in [0.15, 0.2) is 0 Å². The fourth-order valence-corrected chi connectivity index (χ4v) is 4.59. The van der Waals surface area contributed by atoms with Crippen LogP contribution < -0.4 is 10.6 Å². The van der Waals surface area contributed by atoms with Gasteiger partial charge in [-0.05, 0) is 38.8 Å². The molecule has 0 aromatic carbocycles. The van der Waals surface area contributed by atoms with Crippen LogP contribution in [0.25, 0.3) is 0 Å². The Hall–Kier alpha value is -1.98. The summed E-state index contributed by atoms with van der Waals surface area (Å²) in [6.07, 6.45) is 1.65. The summed E-state index contributed by atoms with van der Waals surface area (Å²) in [7, 11) is 0. The van der Waals surface area contributed by atoms with Gasteiger partial charge in [-0.2, -0.15) is 0 Å². The van der Waals surface area contributed by atoms with Crippen LogP contribution in [0.5, 0.6) is 0 Å². The Bertz CT molecular complexity index is 654. The van der Waals surface area contributed by atoms with Crippen LogP contribution in [0, 0.1) is 11.8 Å². The normalized spacial score (nSPS) is 34.5. The van der Waals surface area contributed by atoms with Crippen LogP contribution in [0.15, 0.2) is 18.3 Å². The summed E-state index contributed by atoms with van der Waals surface area (Å²) in [5, 5.41) is 0. The summed E-state index contributed by atoms with van der Waals surface area (Å²) >= 11 is 0. The summed E-state index contributed by atoms with van der Waals surface area (Å²) in [5.41, 5.74) is 6.28. The summed E-state index contributed by atoms with van der Waals surface area (Å²) in [6.45, 7) is 9.67. The maximum absolute atomic E-state index is 12.5. The number of rotatable bonds is 1. The molecule has 1 amide bonds. The quantitative estimate of drug-likeness (QED) is 0.859. The van der Waals surface area contributed by atoms with E-state index in [4.69, 9.17) is 10.5 Å². The van der Waals surface area contributed by atoms with Crippen molar-refractivity contribution in [1.82, 2.24) is 9.88 Å². The molecule has 0 bridgehead atoms. The zero-order chi connectivity index (χ0) is 16.6. The molecule has 2 aliphatic heterocycles. The second-order valence-electron chi connectivity index (χ2n) is 7.98. The van der Waals surface area contributed by atoms with E-state index in [2.05, 4.69) is 16.8 Å². The number of ether oxygens (including phenoxy) is 1. The van der Waals surface area contributed by atoms with Gasteiger partial charge in [-0.25, -0.2) is 9.78 Å². The van der Waals surface area contributed by atoms with E-state index in [1.54, 1.807) is 0 Å². The smallest absolute Gasteiger partial charge is 0.410 e. The van der Waals surface area contributed by atoms with E-state index in [1.807, 2.05) is 44.0 Å². The molecule has 1 aromatic rings. The molecule has 23 heavy (non-hydrogen) atoms. The van der Waals surface area contributed by atoms with Crippen molar-refractivity contribution in [2.24, 2.45) is 11.8 Å². The molecule has 1 aliphatic carbocycles. The van der Waals surface area contributed by atoms with Crippen LogP contribution in [-0.2, 0) is 4.74 Å². The Labute approximate surface area is 136 Å². The zero-order valence-electron chi connectivity index (χ0n) is 14.1. The maximum Gasteiger partial charge on any atom is 0.410 e. The summed E-state index contributed by atoms with van der Waals surface area (Å²) in [4.78, 5) is 21.0. The molecule has 1 spiro atoms. The molecule has 124 valence electrons. The van der Waals surface area contributed by atoms with Gasteiger partial charge in [0.2, 0.25) is 0 Å². The number of anilines is 2. The van der Waals surface area contributed by atoms with Crippen LogP contribution >= 0.6 is 0 Å². The minimum atomic E-state index is -0.453. The number of hydrogen-bond acceptors (Lipinski definition) is 5. The number of nitrogen functional groups attached to an aromatic ring is 1. The van der Waals surface area contributed by atoms with E-state index in [1.165, 1.54) is 0 Å². The van der Waals surface area contributed by atoms with E-state index in [-0.39, 0.29) is 11.6 Å². The van der Waals surface area contributed by atoms with Gasteiger partial charge in [-0.15, -0.1) is 0 Å². The summed E-state index contributed by atoms with van der Waals surface area (Å²) in [6, 6.07) is 4.21. The molecular weight excluding hydrogens is 292 g/mol. The fraction of sp³-hybridized carbons (Fsp3) is 0.647. The number of hydrogen-bond donors (Lipinski definition) is 1. The van der Waals surface area contributed by atoms with Crippen molar-refractivity contribution >= 4 is 17.6 Å². The van der Waals surface area contributed by atoms with E-state index < -0.39 is 5.60 Å². The number of carbonyl (C=O) groups excluding carboxylic acids is 1. The highest BCUT2D eigenvalue weighted by Crippen LogP contribution is 2.67. The molecule has 1 saturated carbocycles. The molecule has 3 fully saturated rings. The topological polar surface area (TPSA) is 71.7 Å². The number of carbonyl (C=O) groups is 1. The molecule has 3 heterocycles. The Morgan fingerprint density at radius 2 is 2.13 bits per heavy atom. The first-order chi connectivity index (χ1) is 10.7. The third-order valence-corrected chi connectivity index (χ3v) is 5.66. The summed E-state index contributed by atoms with van der Waals surface area (Å²) in [5.74, 6) is 1.59. The lowest BCUT2D eigenvalue weighted by Gasteiger charge is -2.51. The van der Waals surface area contributed by atoms with Crippen LogP contribution in [-0.4, -0.2) is 46.2 Å². The first-order valence-corrected chi connectivity index (χ1v) is 8.24. The SMILES string of the molecule is C[C@H]1C2CN(c3ccc(N)nc3)C3CN(C(=O)OC(C)(C)C)C231. The third kappa shape index (κ3) is 1.87. The highest BCUT2D eigenvalue weighted by atomic mass is 16.6. The van der Waals surface area contributed by atoms with Gasteiger partial charge in [0, 0.05) is 19.0 Å². The van der Waals surface area contributed by atoms with E-state index in [9.17, 15) is 4.79 Å². The summed E-state index contributed by atoms with van der Waals surface area (Å²) < 4.78 is 5.59. The van der Waals surface area contributed by atoms with Gasteiger partial charge < -0.3 is 15.4 Å². The lowest BCUT2D eigenvalue weighted by Crippen LogP contribution is -2.69. The van der Waals surface area contributed by atoms with Crippen molar-refractivity contribution in [3.05, 3.63) is 18.3 Å². The number of nitrogens with two attached hydrogens (primary N) is 1. The average molecular weight is 316 g/mol. The van der Waals surface area contributed by atoms with Crippen LogP contribution in [0.3, 0.4) is 0 Å². The lowest BCUT2D eigenvalue weighted by molar-refractivity contribution is -0.0223. The second kappa shape index (κ2) is 4.30. The van der Waals surface area contributed by atoms with Crippen molar-refractivity contribution in [1.29, 1.82) is 0 Å². The molecule has 2 N–H and O–H groups in total. The van der Waals surface area contributed by atoms with Crippen LogP contribution in [0.2, 0.25) is 0 Å². The van der Waals surface area contributed by atoms with Gasteiger partial charge in [0.1, 0.15) is 11.4 Å². The number of amides is 1. The fourth-order valence-electron chi connectivity index (χ4n) is 4.59. The molecule has 6 heteroatoms. The molecule has 3 aliphatic rings. The van der Waals surface area contributed by atoms with Gasteiger partial charge >= 0.3 is 6.09 Å². The van der Waals surface area contributed by atoms with Crippen molar-refractivity contribution in [2.75, 3.05) is 23.7 Å². The van der Waals surface area contributed by atoms with E-state index in [0.717, 1.165) is 18.8 Å². The Morgan fingerprint density at radius 3 is 2.74 bits per heavy atom. The lowest BCUT2D eigenvalue weighted by atomic mass is 9.91. The first kappa shape index (κ1) is 14.6. The number of aromatic nitrogens is 1. The van der Waals surface area contributed by atoms with Crippen LogP contribution in [0.1, 0.15) is 27.7 Å². The highest BCUT2D eigenvalue weighted by molar-refractivity contribution is 5.75. The molecule has 6 nitrogen and oxygen atoms in total. The maximum atomic E-state index is 12.5. The van der Waals surface area contributed by atoms with Gasteiger partial charge in [-0.3, -0.25) is 4.90 Å². The average Bonchev–Trinajstić information content (AvgIpc) is 2.93. The molecule has 0 radical (unpaired) electrons. The largest absolute Gasteiger partial charge is 0.444 e. The Kier molecular flexibility index (Phi) is 2.73. The number of nitrogens with zero attached hydrogens (tertiary/aromatic N) is 3. The van der Waals surface area contributed by atoms with Crippen LogP contribution in [0.4, 0.5) is 16.3 Å². The molecule has 4 rings (SSSR count). The van der Waals surface area contributed by atoms with Crippen molar-refractivity contribution in [3.63, 3.8) is 0 Å². The molecule has 3 unspecified atom stereocenters. The minimum Gasteiger partial charge on any atom is -0.444 e. The van der Waals surface area contributed by atoms with Gasteiger partial charge in [-0.1, -0.05) is 6.92 Å². The molecule has 1 aromatic heterocycles. The number of pyridine rings is 1.